The molecule has 1 aliphatic carbocycles. The Morgan fingerprint density at radius 3 is 2.55 bits per heavy atom. The van der Waals surface area contributed by atoms with E-state index in [2.05, 4.69) is 20.0 Å². The molecule has 0 radical (unpaired) electrons. The number of thiophene rings is 1. The fourth-order valence-electron chi connectivity index (χ4n) is 5.13. The van der Waals surface area contributed by atoms with Crippen LogP contribution in [0.1, 0.15) is 43.0 Å². The Labute approximate surface area is 200 Å². The minimum Gasteiger partial charge on any atom is -0.379 e. The molecule has 0 spiro atoms. The molecule has 2 aromatic rings. The summed E-state index contributed by atoms with van der Waals surface area (Å²) in [7, 11) is 0. The zero-order valence-corrected chi connectivity index (χ0v) is 20.8. The summed E-state index contributed by atoms with van der Waals surface area (Å²) >= 11 is 1.88. The van der Waals surface area contributed by atoms with Gasteiger partial charge in [-0.1, -0.05) is 0 Å². The number of carbonyl (C=O) groups excluding carboxylic acids is 1. The number of aryl methyl sites for hydroxylation is 2. The van der Waals surface area contributed by atoms with Crippen LogP contribution in [0.3, 0.4) is 0 Å². The Balaban J connectivity index is 1.37. The Hall–Kier alpha value is -1.81. The van der Waals surface area contributed by atoms with E-state index in [0.29, 0.717) is 6.54 Å². The van der Waals surface area contributed by atoms with Crippen LogP contribution in [0.4, 0.5) is 5.82 Å². The average Bonchev–Trinajstić information content (AvgIpc) is 3.17. The van der Waals surface area contributed by atoms with Gasteiger partial charge >= 0.3 is 0 Å². The van der Waals surface area contributed by atoms with E-state index in [9.17, 15) is 4.79 Å². The summed E-state index contributed by atoms with van der Waals surface area (Å²) in [6.45, 7) is 12.3. The summed E-state index contributed by atoms with van der Waals surface area (Å²) in [5.41, 5.74) is 1.49. The molecule has 2 aromatic heterocycles. The van der Waals surface area contributed by atoms with Crippen molar-refractivity contribution in [1.29, 1.82) is 0 Å². The molecule has 1 N–H and O–H groups in total. The highest BCUT2D eigenvalue weighted by molar-refractivity contribution is 7.19. The summed E-state index contributed by atoms with van der Waals surface area (Å²) in [6, 6.07) is 0.183. The second kappa shape index (κ2) is 10.2. The van der Waals surface area contributed by atoms with Crippen molar-refractivity contribution < 1.29 is 9.53 Å². The number of piperazine rings is 1. The van der Waals surface area contributed by atoms with E-state index >= 15 is 0 Å². The minimum atomic E-state index is 0.113. The monoisotopic (exact) mass is 472 g/mol. The molecule has 0 saturated carbocycles. The number of hydrogen-bond donors (Lipinski definition) is 1. The maximum Gasteiger partial charge on any atom is 0.234 e. The Bertz CT molecular complexity index is 979. The van der Waals surface area contributed by atoms with Crippen molar-refractivity contribution in [3.63, 3.8) is 0 Å². The van der Waals surface area contributed by atoms with Crippen LogP contribution in [0.15, 0.2) is 0 Å². The first-order chi connectivity index (χ1) is 16.1. The van der Waals surface area contributed by atoms with Crippen molar-refractivity contribution in [3.8, 4) is 0 Å². The molecule has 1 amide bonds. The van der Waals surface area contributed by atoms with Gasteiger partial charge in [0.25, 0.3) is 0 Å². The average molecular weight is 473 g/mol. The molecular weight excluding hydrogens is 436 g/mol. The van der Waals surface area contributed by atoms with Crippen LogP contribution in [-0.2, 0) is 28.9 Å². The van der Waals surface area contributed by atoms with Gasteiger partial charge in [-0.25, -0.2) is 9.97 Å². The molecule has 33 heavy (non-hydrogen) atoms. The van der Waals surface area contributed by atoms with Gasteiger partial charge in [0.05, 0.1) is 31.7 Å². The first-order valence-corrected chi connectivity index (χ1v) is 13.3. The normalized spacial score (nSPS) is 20.4. The third-order valence-electron chi connectivity index (χ3n) is 6.80. The molecule has 0 aromatic carbocycles. The molecule has 2 aliphatic heterocycles. The number of rotatable bonds is 6. The second-order valence-electron chi connectivity index (χ2n) is 9.73. The molecule has 2 fully saturated rings. The van der Waals surface area contributed by atoms with Gasteiger partial charge in [0.15, 0.2) is 0 Å². The predicted molar refractivity (Wildman–Crippen MR) is 132 cm³/mol. The summed E-state index contributed by atoms with van der Waals surface area (Å²) in [5.74, 6) is 2.16. The third kappa shape index (κ3) is 5.31. The van der Waals surface area contributed by atoms with Gasteiger partial charge in [0.1, 0.15) is 16.5 Å². The Kier molecular flexibility index (Phi) is 7.10. The van der Waals surface area contributed by atoms with Crippen LogP contribution in [0, 0.1) is 0 Å². The molecule has 0 atom stereocenters. The highest BCUT2D eigenvalue weighted by Gasteiger charge is 2.27. The van der Waals surface area contributed by atoms with E-state index in [-0.39, 0.29) is 11.9 Å². The first-order valence-electron chi connectivity index (χ1n) is 12.4. The maximum absolute atomic E-state index is 12.2. The molecule has 4 heterocycles. The number of nitrogens with one attached hydrogen (secondary N) is 1. The number of fused-ring (bicyclic) bond motifs is 3. The summed E-state index contributed by atoms with van der Waals surface area (Å²) < 4.78 is 5.52. The van der Waals surface area contributed by atoms with E-state index in [1.54, 1.807) is 0 Å². The lowest BCUT2D eigenvalue weighted by Crippen LogP contribution is -2.50. The van der Waals surface area contributed by atoms with Crippen LogP contribution in [-0.4, -0.2) is 90.7 Å². The van der Waals surface area contributed by atoms with E-state index in [1.165, 1.54) is 35.1 Å². The fourth-order valence-corrected chi connectivity index (χ4v) is 6.40. The lowest BCUT2D eigenvalue weighted by Gasteiger charge is -2.36. The maximum atomic E-state index is 12.2. The van der Waals surface area contributed by atoms with Crippen LogP contribution in [0.2, 0.25) is 0 Å². The molecule has 0 bridgehead atoms. The van der Waals surface area contributed by atoms with Crippen LogP contribution < -0.4 is 10.2 Å². The minimum absolute atomic E-state index is 0.113. The number of hydrogen-bond acceptors (Lipinski definition) is 8. The van der Waals surface area contributed by atoms with Crippen molar-refractivity contribution in [2.24, 2.45) is 0 Å². The SMILES string of the molecule is CC(C)NC(=O)CN1CCN(c2nc(CN3CCOCC3)nc3sc4c(c23)CCCC4)CC1. The van der Waals surface area contributed by atoms with Gasteiger partial charge in [-0.3, -0.25) is 14.6 Å². The van der Waals surface area contributed by atoms with Crippen molar-refractivity contribution in [1.82, 2.24) is 25.1 Å². The largest absolute Gasteiger partial charge is 0.379 e. The smallest absolute Gasteiger partial charge is 0.234 e. The molecule has 180 valence electrons. The number of carbonyl (C=O) groups is 1. The van der Waals surface area contributed by atoms with Crippen LogP contribution in [0.5, 0.6) is 0 Å². The summed E-state index contributed by atoms with van der Waals surface area (Å²) in [5, 5.41) is 4.30. The van der Waals surface area contributed by atoms with E-state index in [4.69, 9.17) is 14.7 Å². The zero-order chi connectivity index (χ0) is 22.8. The van der Waals surface area contributed by atoms with E-state index < -0.39 is 0 Å². The molecule has 9 heteroatoms. The molecule has 2 saturated heterocycles. The van der Waals surface area contributed by atoms with Crippen LogP contribution in [0.25, 0.3) is 10.2 Å². The lowest BCUT2D eigenvalue weighted by atomic mass is 9.97. The number of aromatic nitrogens is 2. The van der Waals surface area contributed by atoms with Crippen molar-refractivity contribution in [2.75, 3.05) is 63.9 Å². The van der Waals surface area contributed by atoms with E-state index in [0.717, 1.165) is 81.9 Å². The van der Waals surface area contributed by atoms with Gasteiger partial charge in [-0.2, -0.15) is 0 Å². The van der Waals surface area contributed by atoms with Crippen molar-refractivity contribution in [2.45, 2.75) is 52.1 Å². The zero-order valence-electron chi connectivity index (χ0n) is 19.9. The lowest BCUT2D eigenvalue weighted by molar-refractivity contribution is -0.122. The first kappa shape index (κ1) is 23.0. The van der Waals surface area contributed by atoms with Crippen molar-refractivity contribution in [3.05, 3.63) is 16.3 Å². The van der Waals surface area contributed by atoms with Gasteiger partial charge in [0, 0.05) is 50.2 Å². The fraction of sp³-hybridized carbons (Fsp3) is 0.708. The molecule has 8 nitrogen and oxygen atoms in total. The second-order valence-corrected chi connectivity index (χ2v) is 10.8. The predicted octanol–water partition coefficient (Wildman–Crippen LogP) is 2.05. The van der Waals surface area contributed by atoms with Gasteiger partial charge in [-0.05, 0) is 45.1 Å². The van der Waals surface area contributed by atoms with Gasteiger partial charge in [-0.15, -0.1) is 11.3 Å². The number of nitrogens with zero attached hydrogens (tertiary/aromatic N) is 5. The third-order valence-corrected chi connectivity index (χ3v) is 7.99. The van der Waals surface area contributed by atoms with Crippen LogP contribution >= 0.6 is 11.3 Å². The van der Waals surface area contributed by atoms with Gasteiger partial charge < -0.3 is 15.0 Å². The summed E-state index contributed by atoms with van der Waals surface area (Å²) in [6.07, 6.45) is 4.85. The number of amides is 1. The van der Waals surface area contributed by atoms with Crippen molar-refractivity contribution >= 4 is 33.3 Å². The quantitative estimate of drug-likeness (QED) is 0.690. The molecular formula is C24H36N6O2S. The molecule has 3 aliphatic rings. The molecule has 5 rings (SSSR count). The highest BCUT2D eigenvalue weighted by atomic mass is 32.1. The Morgan fingerprint density at radius 1 is 1.03 bits per heavy atom. The number of ether oxygens (including phenoxy) is 1. The Morgan fingerprint density at radius 2 is 1.79 bits per heavy atom. The molecule has 0 unspecified atom stereocenters. The standard InChI is InChI=1S/C24H36N6O2S/c1-17(2)25-21(31)16-28-7-9-30(10-8-28)23-22-18-5-3-4-6-19(18)33-24(22)27-20(26-23)15-29-11-13-32-14-12-29/h17H,3-16H2,1-2H3,(H,25,31). The van der Waals surface area contributed by atoms with Gasteiger partial charge in [0.2, 0.25) is 5.91 Å². The highest BCUT2D eigenvalue weighted by Crippen LogP contribution is 2.40. The topological polar surface area (TPSA) is 73.8 Å². The van der Waals surface area contributed by atoms with E-state index in [1.807, 2.05) is 25.2 Å². The summed E-state index contributed by atoms with van der Waals surface area (Å²) in [4.78, 5) is 32.2. The number of morpholine rings is 1. The number of anilines is 1.